The van der Waals surface area contributed by atoms with E-state index < -0.39 is 53.2 Å². The Labute approximate surface area is 205 Å². The van der Waals surface area contributed by atoms with Crippen LogP contribution in [0.15, 0.2) is 42.2 Å². The van der Waals surface area contributed by atoms with Crippen molar-refractivity contribution in [2.45, 2.75) is 0 Å². The first-order valence-corrected chi connectivity index (χ1v) is 10.3. The number of carbonyl (C=O) groups excluding carboxylic acids is 2. The van der Waals surface area contributed by atoms with Crippen molar-refractivity contribution < 1.29 is 55.2 Å². The Morgan fingerprint density at radius 3 is 2.16 bits per heavy atom. The molecule has 0 aromatic heterocycles. The number of rotatable bonds is 7. The summed E-state index contributed by atoms with van der Waals surface area (Å²) in [5, 5.41) is 0. The molecular weight excluding hydrogens is 507 g/mol. The smallest absolute Gasteiger partial charge is 0.349 e. The van der Waals surface area contributed by atoms with Crippen LogP contribution < -0.4 is 23.7 Å². The predicted molar refractivity (Wildman–Crippen MR) is 116 cm³/mol. The SMILES string of the molecule is COc1ccc(OC)c(/C=C2\Oc3cc(OC(=O)COc4c(F)c(F)c(F)c(F)c4F)ccc3C2=O)c1. The van der Waals surface area contributed by atoms with E-state index in [2.05, 4.69) is 4.74 Å². The number of allylic oxidation sites excluding steroid dienone is 1. The lowest BCUT2D eigenvalue weighted by Gasteiger charge is -2.10. The van der Waals surface area contributed by atoms with Gasteiger partial charge >= 0.3 is 5.97 Å². The molecule has 3 aromatic rings. The third kappa shape index (κ3) is 4.90. The van der Waals surface area contributed by atoms with E-state index in [1.165, 1.54) is 38.5 Å². The van der Waals surface area contributed by atoms with Gasteiger partial charge in [0.05, 0.1) is 19.8 Å². The molecule has 1 aliphatic heterocycles. The summed E-state index contributed by atoms with van der Waals surface area (Å²) in [6.07, 6.45) is 1.44. The molecule has 3 aromatic carbocycles. The molecule has 7 nitrogen and oxygen atoms in total. The molecule has 0 atom stereocenters. The first-order valence-electron chi connectivity index (χ1n) is 10.3. The van der Waals surface area contributed by atoms with Crippen molar-refractivity contribution in [1.82, 2.24) is 0 Å². The number of hydrogen-bond donors (Lipinski definition) is 0. The number of ketones is 1. The van der Waals surface area contributed by atoms with Crippen molar-refractivity contribution >= 4 is 17.8 Å². The lowest BCUT2D eigenvalue weighted by atomic mass is 10.1. The quantitative estimate of drug-likeness (QED) is 0.108. The molecule has 1 aliphatic rings. The first kappa shape index (κ1) is 25.5. The molecule has 0 bridgehead atoms. The van der Waals surface area contributed by atoms with E-state index in [-0.39, 0.29) is 22.8 Å². The zero-order valence-electron chi connectivity index (χ0n) is 19.0. The third-order valence-corrected chi connectivity index (χ3v) is 5.10. The minimum atomic E-state index is -2.36. The van der Waals surface area contributed by atoms with Gasteiger partial charge in [0.1, 0.15) is 23.0 Å². The van der Waals surface area contributed by atoms with Crippen molar-refractivity contribution in [1.29, 1.82) is 0 Å². The van der Waals surface area contributed by atoms with Crippen molar-refractivity contribution in [3.63, 3.8) is 0 Å². The number of hydrogen-bond acceptors (Lipinski definition) is 7. The van der Waals surface area contributed by atoms with Gasteiger partial charge in [-0.3, -0.25) is 4.79 Å². The number of ether oxygens (including phenoxy) is 5. The van der Waals surface area contributed by atoms with Gasteiger partial charge in [0.2, 0.25) is 34.9 Å². The van der Waals surface area contributed by atoms with Crippen LogP contribution in [0.4, 0.5) is 22.0 Å². The van der Waals surface area contributed by atoms with Crippen molar-refractivity contribution in [3.8, 4) is 28.7 Å². The fraction of sp³-hybridized carbons (Fsp3) is 0.120. The maximum Gasteiger partial charge on any atom is 0.349 e. The van der Waals surface area contributed by atoms with E-state index in [4.69, 9.17) is 18.9 Å². The molecule has 37 heavy (non-hydrogen) atoms. The van der Waals surface area contributed by atoms with Gasteiger partial charge in [-0.1, -0.05) is 0 Å². The highest BCUT2D eigenvalue weighted by Crippen LogP contribution is 2.36. The Balaban J connectivity index is 1.48. The number of esters is 1. The molecule has 192 valence electrons. The molecule has 0 N–H and O–H groups in total. The van der Waals surface area contributed by atoms with Crippen LogP contribution in [0.25, 0.3) is 6.08 Å². The lowest BCUT2D eigenvalue weighted by Crippen LogP contribution is -2.19. The van der Waals surface area contributed by atoms with E-state index in [1.807, 2.05) is 0 Å². The fourth-order valence-electron chi connectivity index (χ4n) is 3.33. The Morgan fingerprint density at radius 1 is 0.865 bits per heavy atom. The minimum absolute atomic E-state index is 0.0455. The van der Waals surface area contributed by atoms with E-state index in [9.17, 15) is 31.5 Å². The molecule has 0 amide bonds. The highest BCUT2D eigenvalue weighted by molar-refractivity contribution is 6.14. The monoisotopic (exact) mass is 522 g/mol. The number of halogens is 5. The average Bonchev–Trinajstić information content (AvgIpc) is 3.20. The maximum atomic E-state index is 13.7. The third-order valence-electron chi connectivity index (χ3n) is 5.10. The molecule has 12 heteroatoms. The average molecular weight is 522 g/mol. The van der Waals surface area contributed by atoms with Gasteiger partial charge in [-0.15, -0.1) is 0 Å². The van der Waals surface area contributed by atoms with Gasteiger partial charge < -0.3 is 23.7 Å². The Bertz CT molecular complexity index is 1420. The van der Waals surface area contributed by atoms with E-state index in [1.54, 1.807) is 18.2 Å². The van der Waals surface area contributed by atoms with Crippen LogP contribution in [0, 0.1) is 29.1 Å². The maximum absolute atomic E-state index is 13.7. The van der Waals surface area contributed by atoms with Crippen LogP contribution in [-0.4, -0.2) is 32.6 Å². The van der Waals surface area contributed by atoms with Crippen LogP contribution in [0.2, 0.25) is 0 Å². The number of benzene rings is 3. The highest BCUT2D eigenvalue weighted by atomic mass is 19.2. The van der Waals surface area contributed by atoms with Crippen LogP contribution >= 0.6 is 0 Å². The van der Waals surface area contributed by atoms with Crippen LogP contribution in [0.1, 0.15) is 15.9 Å². The summed E-state index contributed by atoms with van der Waals surface area (Å²) < 4.78 is 92.5. The molecular formula is C25H15F5O7. The molecule has 0 radical (unpaired) electrons. The second-order valence-electron chi connectivity index (χ2n) is 7.37. The van der Waals surface area contributed by atoms with Crippen molar-refractivity contribution in [3.05, 3.63) is 82.4 Å². The lowest BCUT2D eigenvalue weighted by molar-refractivity contribution is -0.136. The predicted octanol–water partition coefficient (Wildman–Crippen LogP) is 5.00. The zero-order chi connectivity index (χ0) is 26.9. The molecule has 0 saturated heterocycles. The number of Topliss-reactive ketones (excluding diaryl/α,β-unsaturated/α-hetero) is 1. The summed E-state index contributed by atoms with van der Waals surface area (Å²) in [5.74, 6) is -13.8. The van der Waals surface area contributed by atoms with E-state index in [0.29, 0.717) is 17.1 Å². The normalized spacial score (nSPS) is 13.3. The summed E-state index contributed by atoms with van der Waals surface area (Å²) in [6.45, 7) is -1.18. The standard InChI is InChI=1S/C25H15F5O7/c1-33-12-4-6-15(34-2)11(7-12)8-17-24(32)14-5-3-13(9-16(14)37-17)36-18(31)10-35-25-22(29)20(27)19(26)21(28)23(25)30/h3-9H,10H2,1-2H3/b17-8-. The molecule has 0 saturated carbocycles. The second-order valence-corrected chi connectivity index (χ2v) is 7.37. The molecule has 0 fully saturated rings. The van der Waals surface area contributed by atoms with Crippen molar-refractivity contribution in [2.24, 2.45) is 0 Å². The highest BCUT2D eigenvalue weighted by Gasteiger charge is 2.30. The van der Waals surface area contributed by atoms with Gasteiger partial charge in [-0.25, -0.2) is 18.0 Å². The molecule has 0 aliphatic carbocycles. The molecule has 1 heterocycles. The van der Waals surface area contributed by atoms with Crippen LogP contribution in [0.5, 0.6) is 28.7 Å². The number of fused-ring (bicyclic) bond motifs is 1. The summed E-state index contributed by atoms with van der Waals surface area (Å²) in [4.78, 5) is 24.8. The molecule has 0 unspecified atom stereocenters. The Morgan fingerprint density at radius 2 is 1.51 bits per heavy atom. The van der Waals surface area contributed by atoms with Crippen molar-refractivity contribution in [2.75, 3.05) is 20.8 Å². The number of methoxy groups -OCH3 is 2. The molecule has 4 rings (SSSR count). The first-order chi connectivity index (χ1) is 17.6. The van der Waals surface area contributed by atoms with Crippen LogP contribution in [0.3, 0.4) is 0 Å². The number of carbonyl (C=O) groups is 2. The largest absolute Gasteiger partial charge is 0.497 e. The summed E-state index contributed by atoms with van der Waals surface area (Å²) >= 11 is 0. The summed E-state index contributed by atoms with van der Waals surface area (Å²) in [7, 11) is 2.93. The van der Waals surface area contributed by atoms with Gasteiger partial charge in [-0.2, -0.15) is 8.78 Å². The van der Waals surface area contributed by atoms with Gasteiger partial charge in [-0.05, 0) is 36.4 Å². The van der Waals surface area contributed by atoms with E-state index in [0.717, 1.165) is 0 Å². The topological polar surface area (TPSA) is 80.3 Å². The zero-order valence-corrected chi connectivity index (χ0v) is 19.0. The second kappa shape index (κ2) is 10.2. The summed E-state index contributed by atoms with van der Waals surface area (Å²) in [6, 6.07) is 8.70. The fourth-order valence-corrected chi connectivity index (χ4v) is 3.33. The van der Waals surface area contributed by atoms with Gasteiger partial charge in [0.25, 0.3) is 0 Å². The Hall–Kier alpha value is -4.61. The van der Waals surface area contributed by atoms with E-state index >= 15 is 0 Å². The Kier molecular flexibility index (Phi) is 7.00. The minimum Gasteiger partial charge on any atom is -0.497 e. The van der Waals surface area contributed by atoms with Crippen LogP contribution in [-0.2, 0) is 4.79 Å². The molecule has 0 spiro atoms. The van der Waals surface area contributed by atoms with Gasteiger partial charge in [0, 0.05) is 11.6 Å². The van der Waals surface area contributed by atoms with Gasteiger partial charge in [0.15, 0.2) is 18.1 Å². The summed E-state index contributed by atoms with van der Waals surface area (Å²) in [5.41, 5.74) is 0.653.